The summed E-state index contributed by atoms with van der Waals surface area (Å²) >= 11 is 0. The highest BCUT2D eigenvalue weighted by Crippen LogP contribution is 2.19. The number of pyridine rings is 2. The van der Waals surface area contributed by atoms with E-state index in [9.17, 15) is 0 Å². The van der Waals surface area contributed by atoms with Crippen molar-refractivity contribution in [2.24, 2.45) is 0 Å². The average molecular weight is 282 g/mol. The summed E-state index contributed by atoms with van der Waals surface area (Å²) in [6, 6.07) is 22.5. The standard InChI is InChI=1S/C20H14N2/c1-3-7-19-16(5-1)10-12-17(22-19)11-9-15-13-14-21-20-8-4-2-6-18(15)20/h1-14H/b11-9-. The van der Waals surface area contributed by atoms with E-state index < -0.39 is 0 Å². The smallest absolute Gasteiger partial charge is 0.0709 e. The fourth-order valence-corrected chi connectivity index (χ4v) is 2.61. The lowest BCUT2D eigenvalue weighted by molar-refractivity contribution is 1.37. The Morgan fingerprint density at radius 3 is 2.45 bits per heavy atom. The lowest BCUT2D eigenvalue weighted by Gasteiger charge is -2.01. The molecule has 22 heavy (non-hydrogen) atoms. The summed E-state index contributed by atoms with van der Waals surface area (Å²) in [6.07, 6.45) is 5.99. The summed E-state index contributed by atoms with van der Waals surface area (Å²) in [7, 11) is 0. The van der Waals surface area contributed by atoms with E-state index in [1.807, 2.05) is 60.8 Å². The van der Waals surface area contributed by atoms with Gasteiger partial charge in [-0.2, -0.15) is 0 Å². The first-order chi connectivity index (χ1) is 10.9. The molecule has 0 aliphatic carbocycles. The van der Waals surface area contributed by atoms with Crippen molar-refractivity contribution >= 4 is 34.0 Å². The minimum absolute atomic E-state index is 0.958. The minimum atomic E-state index is 0.958. The predicted molar refractivity (Wildman–Crippen MR) is 92.4 cm³/mol. The summed E-state index contributed by atoms with van der Waals surface area (Å²) < 4.78 is 0. The maximum absolute atomic E-state index is 4.67. The van der Waals surface area contributed by atoms with Gasteiger partial charge in [-0.05, 0) is 35.9 Å². The van der Waals surface area contributed by atoms with E-state index in [1.54, 1.807) is 0 Å². The van der Waals surface area contributed by atoms with Gasteiger partial charge in [-0.3, -0.25) is 4.98 Å². The molecule has 0 bridgehead atoms. The zero-order valence-electron chi connectivity index (χ0n) is 12.0. The predicted octanol–water partition coefficient (Wildman–Crippen LogP) is 4.95. The number of hydrogen-bond donors (Lipinski definition) is 0. The molecule has 4 rings (SSSR count). The lowest BCUT2D eigenvalue weighted by atomic mass is 10.1. The van der Waals surface area contributed by atoms with Gasteiger partial charge in [0.25, 0.3) is 0 Å². The first-order valence-electron chi connectivity index (χ1n) is 7.28. The molecule has 0 spiro atoms. The minimum Gasteiger partial charge on any atom is -0.256 e. The molecule has 0 radical (unpaired) electrons. The van der Waals surface area contributed by atoms with E-state index in [1.165, 1.54) is 0 Å². The van der Waals surface area contributed by atoms with Crippen molar-refractivity contribution in [3.05, 3.63) is 84.2 Å². The Morgan fingerprint density at radius 1 is 0.682 bits per heavy atom. The molecule has 0 amide bonds. The van der Waals surface area contributed by atoms with E-state index in [2.05, 4.69) is 34.2 Å². The molecule has 0 aliphatic rings. The highest BCUT2D eigenvalue weighted by molar-refractivity contribution is 5.90. The largest absolute Gasteiger partial charge is 0.256 e. The van der Waals surface area contributed by atoms with Gasteiger partial charge in [0, 0.05) is 17.0 Å². The van der Waals surface area contributed by atoms with Crippen LogP contribution in [0.5, 0.6) is 0 Å². The number of nitrogens with zero attached hydrogens (tertiary/aromatic N) is 2. The van der Waals surface area contributed by atoms with Gasteiger partial charge in [0.05, 0.1) is 16.7 Å². The molecular weight excluding hydrogens is 268 g/mol. The number of aromatic nitrogens is 2. The lowest BCUT2D eigenvalue weighted by Crippen LogP contribution is -1.84. The Kier molecular flexibility index (Phi) is 3.13. The van der Waals surface area contributed by atoms with Gasteiger partial charge in [0.1, 0.15) is 0 Å². The quantitative estimate of drug-likeness (QED) is 0.519. The van der Waals surface area contributed by atoms with Gasteiger partial charge >= 0.3 is 0 Å². The summed E-state index contributed by atoms with van der Waals surface area (Å²) in [5.41, 5.74) is 4.14. The third-order valence-electron chi connectivity index (χ3n) is 3.74. The summed E-state index contributed by atoms with van der Waals surface area (Å²) in [5.74, 6) is 0. The Balaban J connectivity index is 1.75. The third kappa shape index (κ3) is 2.35. The van der Waals surface area contributed by atoms with Crippen molar-refractivity contribution in [3.8, 4) is 0 Å². The number of rotatable bonds is 2. The van der Waals surface area contributed by atoms with E-state index >= 15 is 0 Å². The first-order valence-corrected chi connectivity index (χ1v) is 7.28. The van der Waals surface area contributed by atoms with Crippen molar-refractivity contribution in [3.63, 3.8) is 0 Å². The molecule has 2 nitrogen and oxygen atoms in total. The SMILES string of the molecule is C(=C/c1ccnc2ccccc12)/c1ccc2ccccc2n1. The molecule has 2 aromatic carbocycles. The van der Waals surface area contributed by atoms with Crippen molar-refractivity contribution in [2.45, 2.75) is 0 Å². The molecule has 0 unspecified atom stereocenters. The second-order valence-corrected chi connectivity index (χ2v) is 5.18. The highest BCUT2D eigenvalue weighted by atomic mass is 14.7. The second-order valence-electron chi connectivity index (χ2n) is 5.18. The van der Waals surface area contributed by atoms with Crippen molar-refractivity contribution < 1.29 is 0 Å². The number of fused-ring (bicyclic) bond motifs is 2. The number of hydrogen-bond acceptors (Lipinski definition) is 2. The summed E-state index contributed by atoms with van der Waals surface area (Å²) in [4.78, 5) is 9.06. The van der Waals surface area contributed by atoms with Gasteiger partial charge in [0.15, 0.2) is 0 Å². The van der Waals surface area contributed by atoms with Crippen LogP contribution in [0.25, 0.3) is 34.0 Å². The van der Waals surface area contributed by atoms with Crippen molar-refractivity contribution in [1.29, 1.82) is 0 Å². The van der Waals surface area contributed by atoms with Crippen molar-refractivity contribution in [1.82, 2.24) is 9.97 Å². The normalized spacial score (nSPS) is 11.5. The van der Waals surface area contributed by atoms with Gasteiger partial charge < -0.3 is 0 Å². The van der Waals surface area contributed by atoms with Crippen LogP contribution in [0, 0.1) is 0 Å². The molecule has 104 valence electrons. The van der Waals surface area contributed by atoms with Crippen LogP contribution in [-0.4, -0.2) is 9.97 Å². The zero-order valence-corrected chi connectivity index (χ0v) is 12.0. The molecule has 0 fully saturated rings. The maximum atomic E-state index is 4.67. The molecule has 2 heteroatoms. The van der Waals surface area contributed by atoms with E-state index in [-0.39, 0.29) is 0 Å². The zero-order chi connectivity index (χ0) is 14.8. The Bertz CT molecular complexity index is 981. The molecule has 0 N–H and O–H groups in total. The number of para-hydroxylation sites is 2. The van der Waals surface area contributed by atoms with Crippen LogP contribution < -0.4 is 0 Å². The van der Waals surface area contributed by atoms with Crippen LogP contribution in [0.1, 0.15) is 11.3 Å². The molecule has 4 aromatic rings. The maximum Gasteiger partial charge on any atom is 0.0709 e. The third-order valence-corrected chi connectivity index (χ3v) is 3.74. The summed E-state index contributed by atoms with van der Waals surface area (Å²) in [6.45, 7) is 0. The molecular formula is C20H14N2. The van der Waals surface area contributed by atoms with Crippen molar-refractivity contribution in [2.75, 3.05) is 0 Å². The molecule has 0 saturated carbocycles. The second kappa shape index (κ2) is 5.41. The summed E-state index contributed by atoms with van der Waals surface area (Å²) in [5, 5.41) is 2.32. The fraction of sp³-hybridized carbons (Fsp3) is 0. The van der Waals surface area contributed by atoms with Gasteiger partial charge in [-0.1, -0.05) is 48.5 Å². The van der Waals surface area contributed by atoms with Crippen LogP contribution in [0.15, 0.2) is 72.9 Å². The van der Waals surface area contributed by atoms with Crippen LogP contribution in [-0.2, 0) is 0 Å². The van der Waals surface area contributed by atoms with Gasteiger partial charge in [-0.15, -0.1) is 0 Å². The van der Waals surface area contributed by atoms with Crippen LogP contribution >= 0.6 is 0 Å². The monoisotopic (exact) mass is 282 g/mol. The van der Waals surface area contributed by atoms with Crippen LogP contribution in [0.2, 0.25) is 0 Å². The van der Waals surface area contributed by atoms with E-state index in [0.717, 1.165) is 33.1 Å². The Morgan fingerprint density at radius 2 is 1.50 bits per heavy atom. The van der Waals surface area contributed by atoms with Crippen LogP contribution in [0.4, 0.5) is 0 Å². The van der Waals surface area contributed by atoms with E-state index in [0.29, 0.717) is 0 Å². The Hall–Kier alpha value is -3.00. The number of benzene rings is 2. The van der Waals surface area contributed by atoms with Gasteiger partial charge in [0.2, 0.25) is 0 Å². The molecule has 0 aliphatic heterocycles. The molecule has 2 heterocycles. The first kappa shape index (κ1) is 12.7. The van der Waals surface area contributed by atoms with Gasteiger partial charge in [-0.25, -0.2) is 4.98 Å². The highest BCUT2D eigenvalue weighted by Gasteiger charge is 1.98. The molecule has 0 saturated heterocycles. The Labute approximate surface area is 128 Å². The molecule has 2 aromatic heterocycles. The van der Waals surface area contributed by atoms with E-state index in [4.69, 9.17) is 0 Å². The topological polar surface area (TPSA) is 25.8 Å². The fourth-order valence-electron chi connectivity index (χ4n) is 2.61. The average Bonchev–Trinajstić information content (AvgIpc) is 2.60. The van der Waals surface area contributed by atoms with Crippen LogP contribution in [0.3, 0.4) is 0 Å². The molecule has 0 atom stereocenters.